The van der Waals surface area contributed by atoms with Crippen LogP contribution in [-0.2, 0) is 6.42 Å². The number of hydrogen-bond acceptors (Lipinski definition) is 2. The van der Waals surface area contributed by atoms with Crippen LogP contribution in [0, 0.1) is 11.6 Å². The van der Waals surface area contributed by atoms with Gasteiger partial charge in [-0.2, -0.15) is 8.78 Å². The van der Waals surface area contributed by atoms with E-state index in [1.807, 2.05) is 0 Å². The van der Waals surface area contributed by atoms with Gasteiger partial charge in [0, 0.05) is 16.5 Å². The van der Waals surface area contributed by atoms with Crippen LogP contribution >= 0.6 is 0 Å². The number of aliphatic hydroxyl groups excluding tert-OH is 1. The largest absolute Gasteiger partial charge is 0.386 e. The lowest BCUT2D eigenvalue weighted by Crippen LogP contribution is -2.41. The van der Waals surface area contributed by atoms with Crippen molar-refractivity contribution in [3.8, 4) is 0 Å². The van der Waals surface area contributed by atoms with Gasteiger partial charge in [0.2, 0.25) is 0 Å². The molecule has 9 heteroatoms. The van der Waals surface area contributed by atoms with Crippen molar-refractivity contribution in [1.82, 2.24) is 5.32 Å². The second-order valence-electron chi connectivity index (χ2n) is 9.02. The zero-order valence-electron chi connectivity index (χ0n) is 20.4. The van der Waals surface area contributed by atoms with Crippen LogP contribution in [0.25, 0.3) is 16.3 Å². The van der Waals surface area contributed by atoms with Crippen LogP contribution in [0.2, 0.25) is 0 Å². The molecule has 2 N–H and O–H groups in total. The predicted molar refractivity (Wildman–Crippen MR) is 137 cm³/mol. The molecule has 39 heavy (non-hydrogen) atoms. The van der Waals surface area contributed by atoms with E-state index in [9.17, 15) is 36.2 Å². The van der Waals surface area contributed by atoms with Crippen LogP contribution < -0.4 is 5.32 Å². The van der Waals surface area contributed by atoms with Crippen LogP contribution in [0.15, 0.2) is 91.5 Å². The number of nitrogens with one attached hydrogen (secondary N) is 1. The molecule has 0 saturated carbocycles. The normalized spacial score (nSPS) is 13.3. The molecular formula is C30H23F6NO2. The van der Waals surface area contributed by atoms with Gasteiger partial charge in [-0.1, -0.05) is 67.2 Å². The lowest BCUT2D eigenvalue weighted by Gasteiger charge is -2.26. The Labute approximate surface area is 220 Å². The van der Waals surface area contributed by atoms with Gasteiger partial charge in [0.15, 0.2) is 0 Å². The van der Waals surface area contributed by atoms with E-state index in [0.29, 0.717) is 10.9 Å². The first kappa shape index (κ1) is 27.9. The minimum absolute atomic E-state index is 0.120. The van der Waals surface area contributed by atoms with Gasteiger partial charge in [0.05, 0.1) is 12.1 Å². The zero-order valence-corrected chi connectivity index (χ0v) is 20.4. The van der Waals surface area contributed by atoms with Gasteiger partial charge in [-0.3, -0.25) is 4.79 Å². The Hall–Kier alpha value is -4.11. The summed E-state index contributed by atoms with van der Waals surface area (Å²) in [5.41, 5.74) is -0.591. The molecule has 0 spiro atoms. The van der Waals surface area contributed by atoms with Gasteiger partial charge >= 0.3 is 12.3 Å². The highest BCUT2D eigenvalue weighted by atomic mass is 19.3. The van der Waals surface area contributed by atoms with Gasteiger partial charge in [0.1, 0.15) is 11.6 Å². The maximum atomic E-state index is 14.3. The Balaban J connectivity index is 1.68. The first-order valence-electron chi connectivity index (χ1n) is 11.9. The topological polar surface area (TPSA) is 49.3 Å². The molecule has 3 nitrogen and oxygen atoms in total. The van der Waals surface area contributed by atoms with Crippen molar-refractivity contribution in [2.75, 3.05) is 0 Å². The molecule has 0 aliphatic rings. The second-order valence-corrected chi connectivity index (χ2v) is 9.02. The van der Waals surface area contributed by atoms with E-state index in [1.54, 1.807) is 18.2 Å². The highest BCUT2D eigenvalue weighted by Gasteiger charge is 2.44. The summed E-state index contributed by atoms with van der Waals surface area (Å²) in [4.78, 5) is 13.3. The molecule has 0 aromatic heterocycles. The van der Waals surface area contributed by atoms with Gasteiger partial charge in [0.25, 0.3) is 5.91 Å². The number of benzene rings is 4. The number of alkyl halides is 4. The second kappa shape index (κ2) is 11.3. The first-order chi connectivity index (χ1) is 18.5. The van der Waals surface area contributed by atoms with E-state index < -0.39 is 47.6 Å². The minimum Gasteiger partial charge on any atom is -0.386 e. The lowest BCUT2D eigenvalue weighted by molar-refractivity contribution is -0.0822. The number of carbonyl (C=O) groups excluding carboxylic acids is 1. The Morgan fingerprint density at radius 2 is 1.56 bits per heavy atom. The van der Waals surface area contributed by atoms with Crippen LogP contribution in [-0.4, -0.2) is 29.4 Å². The third kappa shape index (κ3) is 5.98. The molecule has 0 fully saturated rings. The number of carbonyl (C=O) groups is 1. The molecule has 4 rings (SSSR count). The maximum absolute atomic E-state index is 14.3. The van der Waals surface area contributed by atoms with Crippen molar-refractivity contribution in [1.29, 1.82) is 0 Å². The number of aliphatic hydroxyl groups is 1. The van der Waals surface area contributed by atoms with Crippen molar-refractivity contribution < 1.29 is 36.2 Å². The summed E-state index contributed by atoms with van der Waals surface area (Å²) in [6.07, 6.45) is -5.45. The summed E-state index contributed by atoms with van der Waals surface area (Å²) in [5.74, 6) is -6.18. The molecular weight excluding hydrogens is 520 g/mol. The fourth-order valence-corrected chi connectivity index (χ4v) is 4.30. The Morgan fingerprint density at radius 3 is 2.23 bits per heavy atom. The SMILES string of the molecule is C=C(c1cccc(CC(NC(=O)c2ccc(F)c3ccccc23)C(O)c2ccc(F)cc2)c1)C(F)(F)C(F)F. The molecule has 0 bridgehead atoms. The molecule has 0 aliphatic heterocycles. The fraction of sp³-hybridized carbons (Fsp3) is 0.167. The molecule has 1 amide bonds. The number of halogens is 6. The number of hydrogen-bond donors (Lipinski definition) is 2. The zero-order chi connectivity index (χ0) is 28.3. The van der Waals surface area contributed by atoms with E-state index in [-0.39, 0.29) is 28.5 Å². The third-order valence-corrected chi connectivity index (χ3v) is 6.43. The van der Waals surface area contributed by atoms with Crippen LogP contribution in [0.5, 0.6) is 0 Å². The highest BCUT2D eigenvalue weighted by Crippen LogP contribution is 2.37. The van der Waals surface area contributed by atoms with E-state index >= 15 is 0 Å². The first-order valence-corrected chi connectivity index (χ1v) is 11.9. The average molecular weight is 544 g/mol. The number of fused-ring (bicyclic) bond motifs is 1. The van der Waals surface area contributed by atoms with Crippen LogP contribution in [0.4, 0.5) is 26.3 Å². The molecule has 0 radical (unpaired) electrons. The number of amides is 1. The van der Waals surface area contributed by atoms with Crippen molar-refractivity contribution in [3.63, 3.8) is 0 Å². The molecule has 0 saturated heterocycles. The van der Waals surface area contributed by atoms with E-state index in [1.165, 1.54) is 48.5 Å². The molecule has 0 aliphatic carbocycles. The summed E-state index contributed by atoms with van der Waals surface area (Å²) < 4.78 is 81.4. The molecule has 202 valence electrons. The van der Waals surface area contributed by atoms with E-state index in [2.05, 4.69) is 11.9 Å². The van der Waals surface area contributed by atoms with E-state index in [0.717, 1.165) is 18.2 Å². The summed E-state index contributed by atoms with van der Waals surface area (Å²) in [5, 5.41) is 14.4. The molecule has 2 unspecified atom stereocenters. The van der Waals surface area contributed by atoms with Crippen molar-refractivity contribution in [3.05, 3.63) is 125 Å². The summed E-state index contributed by atoms with van der Waals surface area (Å²) in [6.45, 7) is 3.14. The van der Waals surface area contributed by atoms with Crippen LogP contribution in [0.1, 0.15) is 33.2 Å². The average Bonchev–Trinajstić information content (AvgIpc) is 2.92. The van der Waals surface area contributed by atoms with Crippen molar-refractivity contribution in [2.45, 2.75) is 30.9 Å². The quantitative estimate of drug-likeness (QED) is 0.221. The summed E-state index contributed by atoms with van der Waals surface area (Å²) in [6, 6.07) is 17.9. The van der Waals surface area contributed by atoms with Crippen molar-refractivity contribution >= 4 is 22.3 Å². The molecule has 0 heterocycles. The summed E-state index contributed by atoms with van der Waals surface area (Å²) >= 11 is 0. The minimum atomic E-state index is -4.45. The number of allylic oxidation sites excluding steroid dienone is 1. The predicted octanol–water partition coefficient (Wildman–Crippen LogP) is 7.11. The standard InChI is InChI=1S/C30H23F6NO2/c1-17(30(35,36)29(33)34)20-6-4-5-18(15-20)16-26(27(38)19-9-11-21(31)12-10-19)37-28(39)24-13-14-25(32)23-8-3-2-7-22(23)24/h2-15,26-27,29,38H,1,16H2,(H,37,39). The number of rotatable bonds is 9. The Kier molecular flexibility index (Phi) is 8.11. The maximum Gasteiger partial charge on any atom is 0.332 e. The summed E-state index contributed by atoms with van der Waals surface area (Å²) in [7, 11) is 0. The lowest BCUT2D eigenvalue weighted by atomic mass is 9.93. The fourth-order valence-electron chi connectivity index (χ4n) is 4.30. The molecule has 4 aromatic rings. The smallest absolute Gasteiger partial charge is 0.332 e. The van der Waals surface area contributed by atoms with Gasteiger partial charge in [-0.15, -0.1) is 0 Å². The highest BCUT2D eigenvalue weighted by molar-refractivity contribution is 6.07. The van der Waals surface area contributed by atoms with Gasteiger partial charge < -0.3 is 10.4 Å². The van der Waals surface area contributed by atoms with Crippen molar-refractivity contribution in [2.24, 2.45) is 0 Å². The molecule has 2 atom stereocenters. The van der Waals surface area contributed by atoms with Gasteiger partial charge in [-0.25, -0.2) is 17.6 Å². The molecule has 4 aromatic carbocycles. The Morgan fingerprint density at radius 1 is 0.897 bits per heavy atom. The van der Waals surface area contributed by atoms with Gasteiger partial charge in [-0.05, 0) is 52.8 Å². The Bertz CT molecular complexity index is 1500. The third-order valence-electron chi connectivity index (χ3n) is 6.43. The van der Waals surface area contributed by atoms with E-state index in [4.69, 9.17) is 0 Å². The van der Waals surface area contributed by atoms with Crippen LogP contribution in [0.3, 0.4) is 0 Å². The monoisotopic (exact) mass is 543 g/mol.